The van der Waals surface area contributed by atoms with E-state index in [1.807, 2.05) is 19.3 Å². The normalized spacial score (nSPS) is 27.7. The van der Waals surface area contributed by atoms with Gasteiger partial charge in [0.15, 0.2) is 0 Å². The van der Waals surface area contributed by atoms with Gasteiger partial charge in [-0.25, -0.2) is 0 Å². The van der Waals surface area contributed by atoms with Gasteiger partial charge in [-0.15, -0.1) is 0 Å². The van der Waals surface area contributed by atoms with Crippen molar-refractivity contribution in [3.63, 3.8) is 0 Å². The molecule has 20 heavy (non-hydrogen) atoms. The molecule has 2 heterocycles. The average molecular weight is 344 g/mol. The Kier molecular flexibility index (Phi) is 5.51. The van der Waals surface area contributed by atoms with E-state index >= 15 is 0 Å². The Hall–Kier alpha value is -0.530. The number of hydrogen-bond donors (Lipinski definition) is 2. The fraction of sp³-hybridized carbons (Fsp3) is 0.643. The number of nitrogens with zero attached hydrogens (tertiary/aromatic N) is 2. The quantitative estimate of drug-likeness (QED) is 0.835. The molecular formula is C14H22BrN3O2. The third kappa shape index (κ3) is 3.56. The van der Waals surface area contributed by atoms with Crippen molar-refractivity contribution in [3.05, 3.63) is 28.5 Å². The van der Waals surface area contributed by atoms with E-state index in [0.717, 1.165) is 16.6 Å². The lowest BCUT2D eigenvalue weighted by Crippen LogP contribution is -2.65. The van der Waals surface area contributed by atoms with Gasteiger partial charge in [-0.2, -0.15) is 0 Å². The van der Waals surface area contributed by atoms with Crippen molar-refractivity contribution in [1.82, 2.24) is 15.2 Å². The lowest BCUT2D eigenvalue weighted by molar-refractivity contribution is -0.106. The van der Waals surface area contributed by atoms with Crippen LogP contribution in [0, 0.1) is 0 Å². The molecule has 0 radical (unpaired) electrons. The van der Waals surface area contributed by atoms with E-state index in [-0.39, 0.29) is 12.1 Å². The molecule has 112 valence electrons. The molecule has 0 aliphatic carbocycles. The van der Waals surface area contributed by atoms with Crippen LogP contribution in [0.15, 0.2) is 22.9 Å². The van der Waals surface area contributed by atoms with Gasteiger partial charge in [0.05, 0.1) is 25.4 Å². The number of ether oxygens (including phenoxy) is 1. The molecule has 2 atom stereocenters. The van der Waals surface area contributed by atoms with E-state index in [4.69, 9.17) is 4.74 Å². The highest BCUT2D eigenvalue weighted by molar-refractivity contribution is 9.10. The number of hydrogen-bond acceptors (Lipinski definition) is 5. The molecule has 1 aromatic heterocycles. The number of morpholine rings is 1. The molecule has 1 aromatic rings. The topological polar surface area (TPSA) is 57.6 Å². The standard InChI is InChI=1S/C14H22BrN3O2/c1-11-7-20-10-14(9-19,18(11)2)8-17-5-12-3-13(15)6-16-4-12/h3-4,6,11,17,19H,5,7-10H2,1-2H3/t11-,14+/m1/s1. The van der Waals surface area contributed by atoms with E-state index < -0.39 is 0 Å². The number of aliphatic hydroxyl groups excluding tert-OH is 1. The molecule has 1 aliphatic rings. The van der Waals surface area contributed by atoms with Crippen LogP contribution in [0.1, 0.15) is 12.5 Å². The molecule has 1 saturated heterocycles. The van der Waals surface area contributed by atoms with Crippen LogP contribution in [-0.4, -0.2) is 60.0 Å². The smallest absolute Gasteiger partial charge is 0.0802 e. The first-order chi connectivity index (χ1) is 9.57. The van der Waals surface area contributed by atoms with Gasteiger partial charge in [0.2, 0.25) is 0 Å². The van der Waals surface area contributed by atoms with E-state index in [0.29, 0.717) is 25.8 Å². The predicted molar refractivity (Wildman–Crippen MR) is 81.5 cm³/mol. The summed E-state index contributed by atoms with van der Waals surface area (Å²) in [6.45, 7) is 4.86. The second kappa shape index (κ2) is 6.95. The minimum Gasteiger partial charge on any atom is -0.394 e. The Morgan fingerprint density at radius 3 is 3.10 bits per heavy atom. The van der Waals surface area contributed by atoms with Gasteiger partial charge in [-0.1, -0.05) is 0 Å². The van der Waals surface area contributed by atoms with Crippen LogP contribution in [0.2, 0.25) is 0 Å². The summed E-state index contributed by atoms with van der Waals surface area (Å²) in [6.07, 6.45) is 3.61. The molecule has 1 fully saturated rings. The Morgan fingerprint density at radius 1 is 1.60 bits per heavy atom. The van der Waals surface area contributed by atoms with Crippen LogP contribution >= 0.6 is 15.9 Å². The summed E-state index contributed by atoms with van der Waals surface area (Å²) in [5, 5.41) is 13.2. The first-order valence-electron chi connectivity index (χ1n) is 6.79. The zero-order valence-electron chi connectivity index (χ0n) is 12.0. The summed E-state index contributed by atoms with van der Waals surface area (Å²) < 4.78 is 6.59. The average Bonchev–Trinajstić information content (AvgIpc) is 2.44. The van der Waals surface area contributed by atoms with Crippen molar-refractivity contribution in [2.24, 2.45) is 0 Å². The third-order valence-corrected chi connectivity index (χ3v) is 4.41. The number of aromatic nitrogens is 1. The maximum absolute atomic E-state index is 9.79. The maximum Gasteiger partial charge on any atom is 0.0802 e. The second-order valence-electron chi connectivity index (χ2n) is 5.47. The monoisotopic (exact) mass is 343 g/mol. The Balaban J connectivity index is 1.93. The summed E-state index contributed by atoms with van der Waals surface area (Å²) in [6, 6.07) is 2.35. The summed E-state index contributed by atoms with van der Waals surface area (Å²) in [7, 11) is 2.05. The van der Waals surface area contributed by atoms with E-state index in [9.17, 15) is 5.11 Å². The number of halogens is 1. The molecule has 0 bridgehead atoms. The summed E-state index contributed by atoms with van der Waals surface area (Å²) in [5.74, 6) is 0. The van der Waals surface area contributed by atoms with Gasteiger partial charge < -0.3 is 15.2 Å². The fourth-order valence-electron chi connectivity index (χ4n) is 2.48. The minimum absolute atomic E-state index is 0.0809. The van der Waals surface area contributed by atoms with Crippen molar-refractivity contribution < 1.29 is 9.84 Å². The molecule has 0 spiro atoms. The Labute approximate surface area is 128 Å². The summed E-state index contributed by atoms with van der Waals surface area (Å²) in [4.78, 5) is 6.35. The highest BCUT2D eigenvalue weighted by Crippen LogP contribution is 2.21. The zero-order chi connectivity index (χ0) is 14.6. The van der Waals surface area contributed by atoms with Gasteiger partial charge in [0.25, 0.3) is 0 Å². The number of rotatable bonds is 5. The Bertz CT molecular complexity index is 446. The number of likely N-dealkylation sites (N-methyl/N-ethyl adjacent to an activating group) is 1. The van der Waals surface area contributed by atoms with Crippen LogP contribution < -0.4 is 5.32 Å². The van der Waals surface area contributed by atoms with Gasteiger partial charge in [0, 0.05) is 36.0 Å². The van der Waals surface area contributed by atoms with E-state index in [1.54, 1.807) is 6.20 Å². The lowest BCUT2D eigenvalue weighted by atomic mass is 9.96. The largest absolute Gasteiger partial charge is 0.394 e. The first-order valence-corrected chi connectivity index (χ1v) is 7.58. The number of nitrogens with one attached hydrogen (secondary N) is 1. The van der Waals surface area contributed by atoms with Crippen molar-refractivity contribution >= 4 is 15.9 Å². The third-order valence-electron chi connectivity index (χ3n) is 3.98. The van der Waals surface area contributed by atoms with Gasteiger partial charge in [-0.05, 0) is 41.5 Å². The first kappa shape index (κ1) is 15.9. The van der Waals surface area contributed by atoms with Crippen molar-refractivity contribution in [2.45, 2.75) is 25.0 Å². The van der Waals surface area contributed by atoms with Crippen LogP contribution in [0.5, 0.6) is 0 Å². The van der Waals surface area contributed by atoms with Crippen LogP contribution in [0.3, 0.4) is 0 Å². The van der Waals surface area contributed by atoms with E-state index in [2.05, 4.69) is 38.1 Å². The molecule has 0 saturated carbocycles. The van der Waals surface area contributed by atoms with Gasteiger partial charge >= 0.3 is 0 Å². The molecule has 0 unspecified atom stereocenters. The minimum atomic E-state index is -0.350. The van der Waals surface area contributed by atoms with Crippen molar-refractivity contribution in [2.75, 3.05) is 33.4 Å². The van der Waals surface area contributed by atoms with Crippen LogP contribution in [0.25, 0.3) is 0 Å². The molecule has 6 heteroatoms. The highest BCUT2D eigenvalue weighted by Gasteiger charge is 2.39. The zero-order valence-corrected chi connectivity index (χ0v) is 13.6. The summed E-state index contributed by atoms with van der Waals surface area (Å²) >= 11 is 3.41. The second-order valence-corrected chi connectivity index (χ2v) is 6.39. The van der Waals surface area contributed by atoms with Crippen LogP contribution in [-0.2, 0) is 11.3 Å². The molecule has 1 aliphatic heterocycles. The van der Waals surface area contributed by atoms with E-state index in [1.165, 1.54) is 0 Å². The molecule has 0 amide bonds. The number of pyridine rings is 1. The maximum atomic E-state index is 9.79. The van der Waals surface area contributed by atoms with Crippen molar-refractivity contribution in [1.29, 1.82) is 0 Å². The van der Waals surface area contributed by atoms with Crippen molar-refractivity contribution in [3.8, 4) is 0 Å². The van der Waals surface area contributed by atoms with Crippen LogP contribution in [0.4, 0.5) is 0 Å². The number of aliphatic hydroxyl groups is 1. The van der Waals surface area contributed by atoms with Gasteiger partial charge in [0.1, 0.15) is 0 Å². The predicted octanol–water partition coefficient (Wildman–Crippen LogP) is 1.02. The Morgan fingerprint density at radius 2 is 2.40 bits per heavy atom. The molecule has 0 aromatic carbocycles. The van der Waals surface area contributed by atoms with Gasteiger partial charge in [-0.3, -0.25) is 9.88 Å². The fourth-order valence-corrected chi connectivity index (χ4v) is 2.89. The molecule has 5 nitrogen and oxygen atoms in total. The molecular weight excluding hydrogens is 322 g/mol. The molecule has 2 rings (SSSR count). The highest BCUT2D eigenvalue weighted by atomic mass is 79.9. The SMILES string of the molecule is C[C@@H]1COC[C@@](CO)(CNCc2cncc(Br)c2)N1C. The molecule has 2 N–H and O–H groups in total. The lowest BCUT2D eigenvalue weighted by Gasteiger charge is -2.47. The summed E-state index contributed by atoms with van der Waals surface area (Å²) in [5.41, 5.74) is 0.761.